The molecule has 6 nitrogen and oxygen atoms in total. The van der Waals surface area contributed by atoms with Crippen molar-refractivity contribution in [1.82, 2.24) is 15.5 Å². The molecule has 0 saturated carbocycles. The Morgan fingerprint density at radius 1 is 1.22 bits per heavy atom. The van der Waals surface area contributed by atoms with Gasteiger partial charge in [-0.1, -0.05) is 38.1 Å². The van der Waals surface area contributed by atoms with Gasteiger partial charge in [-0.15, -0.1) is 0 Å². The molecule has 3 rings (SSSR count). The van der Waals surface area contributed by atoms with Gasteiger partial charge in [0.2, 0.25) is 11.8 Å². The average Bonchev–Trinajstić information content (AvgIpc) is 3.20. The van der Waals surface area contributed by atoms with Crippen molar-refractivity contribution in [1.29, 1.82) is 0 Å². The SMILES string of the molecule is CC(C)C(=O)N1C(C)CNCC1C(=O)NCc1ccc(-c2ccco2)cc1. The highest BCUT2D eigenvalue weighted by molar-refractivity contribution is 5.89. The molecule has 27 heavy (non-hydrogen) atoms. The molecule has 1 aromatic heterocycles. The minimum absolute atomic E-state index is 0.00280. The van der Waals surface area contributed by atoms with E-state index in [9.17, 15) is 9.59 Å². The van der Waals surface area contributed by atoms with Crippen LogP contribution in [0.5, 0.6) is 0 Å². The highest BCUT2D eigenvalue weighted by Crippen LogP contribution is 2.20. The minimum atomic E-state index is -0.481. The lowest BCUT2D eigenvalue weighted by molar-refractivity contribution is -0.146. The van der Waals surface area contributed by atoms with Crippen LogP contribution in [0.1, 0.15) is 26.3 Å². The van der Waals surface area contributed by atoms with Gasteiger partial charge in [-0.05, 0) is 24.6 Å². The molecule has 0 aliphatic carbocycles. The Kier molecular flexibility index (Phi) is 5.96. The van der Waals surface area contributed by atoms with E-state index >= 15 is 0 Å². The van der Waals surface area contributed by atoms with Crippen LogP contribution in [0.4, 0.5) is 0 Å². The van der Waals surface area contributed by atoms with Crippen LogP contribution in [-0.2, 0) is 16.1 Å². The molecule has 144 valence electrons. The summed E-state index contributed by atoms with van der Waals surface area (Å²) in [6, 6.07) is 11.2. The number of piperazine rings is 1. The van der Waals surface area contributed by atoms with Crippen molar-refractivity contribution in [2.75, 3.05) is 13.1 Å². The van der Waals surface area contributed by atoms with Crippen LogP contribution in [0.2, 0.25) is 0 Å². The topological polar surface area (TPSA) is 74.6 Å². The molecule has 1 fully saturated rings. The third-order valence-corrected chi connectivity index (χ3v) is 4.87. The van der Waals surface area contributed by atoms with Gasteiger partial charge in [-0.2, -0.15) is 0 Å². The van der Waals surface area contributed by atoms with Crippen LogP contribution in [0, 0.1) is 5.92 Å². The Morgan fingerprint density at radius 3 is 2.59 bits per heavy atom. The standard InChI is InChI=1S/C21H27N3O3/c1-14(2)21(26)24-15(3)11-22-13-18(24)20(25)23-12-16-6-8-17(9-7-16)19-5-4-10-27-19/h4-10,14-15,18,22H,11-13H2,1-3H3,(H,23,25). The van der Waals surface area contributed by atoms with Crippen molar-refractivity contribution >= 4 is 11.8 Å². The van der Waals surface area contributed by atoms with Gasteiger partial charge in [-0.25, -0.2) is 0 Å². The Morgan fingerprint density at radius 2 is 1.96 bits per heavy atom. The number of nitrogens with zero attached hydrogens (tertiary/aromatic N) is 1. The quantitative estimate of drug-likeness (QED) is 0.849. The molecule has 1 aromatic carbocycles. The number of benzene rings is 1. The van der Waals surface area contributed by atoms with E-state index in [0.29, 0.717) is 19.6 Å². The molecule has 0 bridgehead atoms. The van der Waals surface area contributed by atoms with Crippen LogP contribution in [0.3, 0.4) is 0 Å². The number of hydrogen-bond acceptors (Lipinski definition) is 4. The van der Waals surface area contributed by atoms with E-state index in [1.165, 1.54) is 0 Å². The van der Waals surface area contributed by atoms with E-state index in [-0.39, 0.29) is 23.8 Å². The molecule has 0 spiro atoms. The summed E-state index contributed by atoms with van der Waals surface area (Å²) in [6.45, 7) is 7.31. The fourth-order valence-corrected chi connectivity index (χ4v) is 3.36. The van der Waals surface area contributed by atoms with Gasteiger partial charge in [0, 0.05) is 37.2 Å². The summed E-state index contributed by atoms with van der Waals surface area (Å²) in [5.41, 5.74) is 1.99. The zero-order chi connectivity index (χ0) is 19.4. The molecule has 2 atom stereocenters. The molecule has 1 aliphatic rings. The van der Waals surface area contributed by atoms with E-state index in [1.807, 2.05) is 57.2 Å². The van der Waals surface area contributed by atoms with Crippen molar-refractivity contribution in [3.8, 4) is 11.3 Å². The molecular formula is C21H27N3O3. The molecular weight excluding hydrogens is 342 g/mol. The van der Waals surface area contributed by atoms with Crippen LogP contribution >= 0.6 is 0 Å². The maximum absolute atomic E-state index is 12.7. The van der Waals surface area contributed by atoms with E-state index < -0.39 is 6.04 Å². The smallest absolute Gasteiger partial charge is 0.244 e. The van der Waals surface area contributed by atoms with Crippen LogP contribution in [-0.4, -0.2) is 41.9 Å². The summed E-state index contributed by atoms with van der Waals surface area (Å²) >= 11 is 0. The Labute approximate surface area is 159 Å². The Bertz CT molecular complexity index is 768. The second-order valence-corrected chi connectivity index (χ2v) is 7.32. The summed E-state index contributed by atoms with van der Waals surface area (Å²) < 4.78 is 5.39. The molecule has 2 amide bonds. The summed E-state index contributed by atoms with van der Waals surface area (Å²) in [6.07, 6.45) is 1.65. The number of furan rings is 1. The maximum Gasteiger partial charge on any atom is 0.244 e. The van der Waals surface area contributed by atoms with Gasteiger partial charge in [0.05, 0.1) is 6.26 Å². The van der Waals surface area contributed by atoms with Crippen molar-refractivity contribution in [3.05, 3.63) is 48.2 Å². The van der Waals surface area contributed by atoms with Gasteiger partial charge in [0.15, 0.2) is 0 Å². The Hall–Kier alpha value is -2.60. The van der Waals surface area contributed by atoms with E-state index in [0.717, 1.165) is 16.9 Å². The first-order valence-corrected chi connectivity index (χ1v) is 9.40. The van der Waals surface area contributed by atoms with Gasteiger partial charge in [-0.3, -0.25) is 9.59 Å². The normalized spacial score (nSPS) is 19.9. The highest BCUT2D eigenvalue weighted by Gasteiger charge is 2.36. The molecule has 6 heteroatoms. The van der Waals surface area contributed by atoms with E-state index in [4.69, 9.17) is 4.42 Å². The number of amides is 2. The summed E-state index contributed by atoms with van der Waals surface area (Å²) in [5, 5.41) is 6.22. The van der Waals surface area contributed by atoms with Crippen molar-refractivity contribution in [2.45, 2.75) is 39.4 Å². The van der Waals surface area contributed by atoms with Gasteiger partial charge >= 0.3 is 0 Å². The van der Waals surface area contributed by atoms with Crippen molar-refractivity contribution in [3.63, 3.8) is 0 Å². The summed E-state index contributed by atoms with van der Waals surface area (Å²) in [7, 11) is 0. The molecule has 1 saturated heterocycles. The van der Waals surface area contributed by atoms with E-state index in [2.05, 4.69) is 10.6 Å². The predicted molar refractivity (Wildman–Crippen MR) is 104 cm³/mol. The predicted octanol–water partition coefficient (Wildman–Crippen LogP) is 2.41. The maximum atomic E-state index is 12.7. The molecule has 2 aromatic rings. The lowest BCUT2D eigenvalue weighted by Crippen LogP contribution is -2.63. The molecule has 2 unspecified atom stereocenters. The van der Waals surface area contributed by atoms with Gasteiger partial charge in [0.25, 0.3) is 0 Å². The van der Waals surface area contributed by atoms with Crippen LogP contribution < -0.4 is 10.6 Å². The van der Waals surface area contributed by atoms with Crippen molar-refractivity contribution in [2.24, 2.45) is 5.92 Å². The highest BCUT2D eigenvalue weighted by atomic mass is 16.3. The number of hydrogen-bond donors (Lipinski definition) is 2. The van der Waals surface area contributed by atoms with Crippen LogP contribution in [0.25, 0.3) is 11.3 Å². The third-order valence-electron chi connectivity index (χ3n) is 4.87. The lowest BCUT2D eigenvalue weighted by atomic mass is 10.0. The molecule has 0 radical (unpaired) electrons. The molecule has 2 N–H and O–H groups in total. The zero-order valence-corrected chi connectivity index (χ0v) is 16.1. The van der Waals surface area contributed by atoms with Gasteiger partial charge < -0.3 is 20.0 Å². The number of rotatable bonds is 5. The number of carbonyl (C=O) groups excluding carboxylic acids is 2. The largest absolute Gasteiger partial charge is 0.464 e. The van der Waals surface area contributed by atoms with Crippen LogP contribution in [0.15, 0.2) is 47.1 Å². The average molecular weight is 369 g/mol. The Balaban J connectivity index is 1.63. The monoisotopic (exact) mass is 369 g/mol. The fraction of sp³-hybridized carbons (Fsp3) is 0.429. The first-order valence-electron chi connectivity index (χ1n) is 9.40. The first kappa shape index (κ1) is 19.2. The minimum Gasteiger partial charge on any atom is -0.464 e. The summed E-state index contributed by atoms with van der Waals surface area (Å²) in [4.78, 5) is 27.0. The number of nitrogens with one attached hydrogen (secondary N) is 2. The van der Waals surface area contributed by atoms with E-state index in [1.54, 1.807) is 11.2 Å². The molecule has 2 heterocycles. The third kappa shape index (κ3) is 4.39. The second-order valence-electron chi connectivity index (χ2n) is 7.32. The summed E-state index contributed by atoms with van der Waals surface area (Å²) in [5.74, 6) is 0.579. The van der Waals surface area contributed by atoms with Gasteiger partial charge in [0.1, 0.15) is 11.8 Å². The lowest BCUT2D eigenvalue weighted by Gasteiger charge is -2.41. The van der Waals surface area contributed by atoms with Crippen molar-refractivity contribution < 1.29 is 14.0 Å². The zero-order valence-electron chi connectivity index (χ0n) is 16.1. The second kappa shape index (κ2) is 8.39. The first-order chi connectivity index (χ1) is 13.0. The fourth-order valence-electron chi connectivity index (χ4n) is 3.36. The molecule has 1 aliphatic heterocycles. The number of carbonyl (C=O) groups is 2.